The molecular formula is C17H17N3O4. The highest BCUT2D eigenvalue weighted by Gasteiger charge is 2.47. The Morgan fingerprint density at radius 2 is 1.96 bits per heavy atom. The van der Waals surface area contributed by atoms with Gasteiger partial charge in [-0.05, 0) is 24.8 Å². The first-order valence-electron chi connectivity index (χ1n) is 7.56. The highest BCUT2D eigenvalue weighted by Crippen LogP contribution is 2.28. The molecule has 7 nitrogen and oxygen atoms in total. The Morgan fingerprint density at radius 3 is 2.62 bits per heavy atom. The zero-order chi connectivity index (χ0) is 17.5. The quantitative estimate of drug-likeness (QED) is 0.750. The van der Waals surface area contributed by atoms with Crippen LogP contribution in [0.5, 0.6) is 5.75 Å². The van der Waals surface area contributed by atoms with Gasteiger partial charge >= 0.3 is 6.03 Å². The topological polar surface area (TPSA) is 98.7 Å². The number of fused-ring (bicyclic) bond motifs is 1. The standard InChI is InChI=1S/C17H17N3O4/c1-3-17(2)15(23)20(16(24)18-17)19-14(22)12-9-8-10-6-4-5-7-11(10)13(12)21/h4-9,21H,3H2,1-2H3,(H,18,24)(H,19,22). The fourth-order valence-corrected chi connectivity index (χ4v) is 2.63. The molecule has 1 fully saturated rings. The van der Waals surface area contributed by atoms with E-state index >= 15 is 0 Å². The first kappa shape index (κ1) is 15.8. The SMILES string of the molecule is CCC1(C)NC(=O)N(NC(=O)c2ccc3ccccc3c2O)C1=O. The van der Waals surface area contributed by atoms with E-state index in [0.717, 1.165) is 5.39 Å². The molecule has 24 heavy (non-hydrogen) atoms. The number of hydrogen-bond donors (Lipinski definition) is 3. The molecule has 0 aromatic heterocycles. The summed E-state index contributed by atoms with van der Waals surface area (Å²) in [5.41, 5.74) is 1.20. The number of hydrazine groups is 1. The molecule has 1 unspecified atom stereocenters. The van der Waals surface area contributed by atoms with E-state index < -0.39 is 23.4 Å². The summed E-state index contributed by atoms with van der Waals surface area (Å²) >= 11 is 0. The summed E-state index contributed by atoms with van der Waals surface area (Å²) in [6.45, 7) is 3.35. The Bertz CT molecular complexity index is 864. The summed E-state index contributed by atoms with van der Waals surface area (Å²) in [4.78, 5) is 36.6. The highest BCUT2D eigenvalue weighted by molar-refractivity contribution is 6.10. The normalized spacial score (nSPS) is 20.3. The second kappa shape index (κ2) is 5.52. The molecule has 124 valence electrons. The van der Waals surface area contributed by atoms with Crippen molar-refractivity contribution in [2.75, 3.05) is 0 Å². The predicted molar refractivity (Wildman–Crippen MR) is 87.2 cm³/mol. The second-order valence-electron chi connectivity index (χ2n) is 5.88. The number of carbonyl (C=O) groups is 3. The van der Waals surface area contributed by atoms with Gasteiger partial charge in [-0.15, -0.1) is 0 Å². The number of urea groups is 1. The van der Waals surface area contributed by atoms with Crippen molar-refractivity contribution in [2.45, 2.75) is 25.8 Å². The van der Waals surface area contributed by atoms with Gasteiger partial charge in [0.05, 0.1) is 5.56 Å². The average Bonchev–Trinajstić information content (AvgIpc) is 2.79. The molecule has 7 heteroatoms. The highest BCUT2D eigenvalue weighted by atomic mass is 16.3. The number of nitrogens with zero attached hydrogens (tertiary/aromatic N) is 1. The molecule has 0 spiro atoms. The van der Waals surface area contributed by atoms with E-state index in [0.29, 0.717) is 16.8 Å². The fourth-order valence-electron chi connectivity index (χ4n) is 2.63. The Hall–Kier alpha value is -3.09. The number of imide groups is 1. The Labute approximate surface area is 138 Å². The summed E-state index contributed by atoms with van der Waals surface area (Å²) in [7, 11) is 0. The minimum atomic E-state index is -1.05. The third-order valence-corrected chi connectivity index (χ3v) is 4.33. The maximum Gasteiger partial charge on any atom is 0.344 e. The zero-order valence-electron chi connectivity index (χ0n) is 13.3. The Morgan fingerprint density at radius 1 is 1.25 bits per heavy atom. The van der Waals surface area contributed by atoms with Crippen LogP contribution in [0, 0.1) is 0 Å². The number of phenolic OH excluding ortho intramolecular Hbond substituents is 1. The van der Waals surface area contributed by atoms with Crippen LogP contribution < -0.4 is 10.7 Å². The van der Waals surface area contributed by atoms with Crippen molar-refractivity contribution in [3.05, 3.63) is 42.0 Å². The van der Waals surface area contributed by atoms with E-state index in [1.165, 1.54) is 6.07 Å². The molecule has 1 atom stereocenters. The van der Waals surface area contributed by atoms with Crippen LogP contribution in [0.25, 0.3) is 10.8 Å². The second-order valence-corrected chi connectivity index (χ2v) is 5.88. The van der Waals surface area contributed by atoms with Crippen LogP contribution in [0.1, 0.15) is 30.6 Å². The van der Waals surface area contributed by atoms with Crippen LogP contribution in [0.4, 0.5) is 4.79 Å². The van der Waals surface area contributed by atoms with Gasteiger partial charge in [-0.1, -0.05) is 37.3 Å². The number of benzene rings is 2. The maximum atomic E-state index is 12.4. The third-order valence-electron chi connectivity index (χ3n) is 4.33. The van der Waals surface area contributed by atoms with E-state index in [4.69, 9.17) is 0 Å². The van der Waals surface area contributed by atoms with Gasteiger partial charge in [0.15, 0.2) is 0 Å². The van der Waals surface area contributed by atoms with Crippen LogP contribution in [0.2, 0.25) is 0 Å². The summed E-state index contributed by atoms with van der Waals surface area (Å²) in [5.74, 6) is -1.47. The minimum absolute atomic E-state index is 0.0144. The van der Waals surface area contributed by atoms with Crippen LogP contribution in [-0.2, 0) is 4.79 Å². The molecule has 0 radical (unpaired) electrons. The van der Waals surface area contributed by atoms with Crippen molar-refractivity contribution in [3.8, 4) is 5.75 Å². The van der Waals surface area contributed by atoms with Crippen molar-refractivity contribution in [1.82, 2.24) is 15.8 Å². The number of phenols is 1. The summed E-state index contributed by atoms with van der Waals surface area (Å²) < 4.78 is 0. The average molecular weight is 327 g/mol. The van der Waals surface area contributed by atoms with Gasteiger partial charge in [-0.3, -0.25) is 15.0 Å². The number of hydrogen-bond acceptors (Lipinski definition) is 4. The van der Waals surface area contributed by atoms with Gasteiger partial charge in [0, 0.05) is 5.39 Å². The predicted octanol–water partition coefficient (Wildman–Crippen LogP) is 1.91. The Balaban J connectivity index is 1.90. The molecular weight excluding hydrogens is 310 g/mol. The number of rotatable bonds is 3. The first-order valence-corrected chi connectivity index (χ1v) is 7.56. The molecule has 0 bridgehead atoms. The van der Waals surface area contributed by atoms with Gasteiger partial charge < -0.3 is 10.4 Å². The monoisotopic (exact) mass is 327 g/mol. The number of nitrogens with one attached hydrogen (secondary N) is 2. The number of aromatic hydroxyl groups is 1. The van der Waals surface area contributed by atoms with Crippen LogP contribution in [0.3, 0.4) is 0 Å². The number of amides is 4. The largest absolute Gasteiger partial charge is 0.506 e. The van der Waals surface area contributed by atoms with Crippen molar-refractivity contribution >= 4 is 28.6 Å². The van der Waals surface area contributed by atoms with Crippen molar-refractivity contribution in [2.24, 2.45) is 0 Å². The fraction of sp³-hybridized carbons (Fsp3) is 0.235. The molecule has 1 heterocycles. The van der Waals surface area contributed by atoms with Crippen molar-refractivity contribution in [1.29, 1.82) is 0 Å². The van der Waals surface area contributed by atoms with E-state index in [9.17, 15) is 19.5 Å². The van der Waals surface area contributed by atoms with Crippen LogP contribution in [0.15, 0.2) is 36.4 Å². The van der Waals surface area contributed by atoms with Gasteiger partial charge in [0.1, 0.15) is 11.3 Å². The molecule has 0 saturated carbocycles. The molecule has 1 aliphatic heterocycles. The lowest BCUT2D eigenvalue weighted by Gasteiger charge is -2.19. The summed E-state index contributed by atoms with van der Waals surface area (Å²) in [6, 6.07) is 9.49. The van der Waals surface area contributed by atoms with E-state index in [1.54, 1.807) is 38.1 Å². The van der Waals surface area contributed by atoms with E-state index in [2.05, 4.69) is 10.7 Å². The van der Waals surface area contributed by atoms with Crippen molar-refractivity contribution < 1.29 is 19.5 Å². The van der Waals surface area contributed by atoms with E-state index in [-0.39, 0.29) is 11.3 Å². The molecule has 3 N–H and O–H groups in total. The summed E-state index contributed by atoms with van der Waals surface area (Å²) in [5, 5.41) is 14.8. The summed E-state index contributed by atoms with van der Waals surface area (Å²) in [6.07, 6.45) is 0.394. The lowest BCUT2D eigenvalue weighted by atomic mass is 10.00. The maximum absolute atomic E-state index is 12.4. The van der Waals surface area contributed by atoms with Gasteiger partial charge in [0.2, 0.25) is 0 Å². The minimum Gasteiger partial charge on any atom is -0.506 e. The van der Waals surface area contributed by atoms with Gasteiger partial charge in [-0.25, -0.2) is 4.79 Å². The molecule has 2 aromatic carbocycles. The number of carbonyl (C=O) groups excluding carboxylic acids is 3. The Kier molecular flexibility index (Phi) is 3.63. The first-order chi connectivity index (χ1) is 11.4. The smallest absolute Gasteiger partial charge is 0.344 e. The van der Waals surface area contributed by atoms with E-state index in [1.807, 2.05) is 6.07 Å². The van der Waals surface area contributed by atoms with Crippen molar-refractivity contribution in [3.63, 3.8) is 0 Å². The van der Waals surface area contributed by atoms with Crippen LogP contribution >= 0.6 is 0 Å². The molecule has 3 rings (SSSR count). The molecule has 1 aliphatic rings. The molecule has 2 aromatic rings. The molecule has 4 amide bonds. The third kappa shape index (κ3) is 2.34. The van der Waals surface area contributed by atoms with Gasteiger partial charge in [0.25, 0.3) is 11.8 Å². The molecule has 1 saturated heterocycles. The lowest BCUT2D eigenvalue weighted by Crippen LogP contribution is -2.48. The van der Waals surface area contributed by atoms with Crippen LogP contribution in [-0.4, -0.2) is 33.5 Å². The zero-order valence-corrected chi connectivity index (χ0v) is 13.3. The lowest BCUT2D eigenvalue weighted by molar-refractivity contribution is -0.132. The molecule has 0 aliphatic carbocycles. The van der Waals surface area contributed by atoms with Gasteiger partial charge in [-0.2, -0.15) is 5.01 Å².